The summed E-state index contributed by atoms with van der Waals surface area (Å²) in [7, 11) is 0. The molecule has 172 valence electrons. The molecule has 0 aromatic heterocycles. The fourth-order valence-corrected chi connectivity index (χ4v) is 5.22. The summed E-state index contributed by atoms with van der Waals surface area (Å²) in [6, 6.07) is 23.4. The molecule has 0 spiro atoms. The van der Waals surface area contributed by atoms with Gasteiger partial charge < -0.3 is 9.84 Å². The quantitative estimate of drug-likeness (QED) is 0.452. The molecular weight excluding hydrogens is 432 g/mol. The Labute approximate surface area is 197 Å². The number of nitrogens with one attached hydrogen (secondary N) is 1. The number of para-hydroxylation sites is 1. The zero-order chi connectivity index (χ0) is 23.9. The van der Waals surface area contributed by atoms with Gasteiger partial charge >= 0.3 is 5.97 Å². The zero-order valence-electron chi connectivity index (χ0n) is 18.5. The molecular formula is C27H24N2O5. The Morgan fingerprint density at radius 2 is 1.56 bits per heavy atom. The van der Waals surface area contributed by atoms with Crippen LogP contribution in [0, 0.1) is 11.8 Å². The van der Waals surface area contributed by atoms with Gasteiger partial charge in [-0.15, -0.1) is 0 Å². The molecule has 3 aromatic carbocycles. The van der Waals surface area contributed by atoms with Gasteiger partial charge in [-0.25, -0.2) is 9.69 Å². The lowest BCUT2D eigenvalue weighted by Gasteiger charge is -2.33. The number of aromatic hydroxyl groups is 1. The van der Waals surface area contributed by atoms with Crippen molar-refractivity contribution in [3.63, 3.8) is 0 Å². The third-order valence-electron chi connectivity index (χ3n) is 6.65. The number of carbonyl (C=O) groups excluding carboxylic acids is 3. The highest BCUT2D eigenvalue weighted by Gasteiger charge is 2.69. The number of carbonyl (C=O) groups is 3. The molecule has 2 heterocycles. The zero-order valence-corrected chi connectivity index (χ0v) is 18.5. The summed E-state index contributed by atoms with van der Waals surface area (Å²) in [5.41, 5.74) is 0.148. The number of anilines is 1. The second-order valence-electron chi connectivity index (χ2n) is 8.46. The summed E-state index contributed by atoms with van der Waals surface area (Å²) in [5.74, 6) is -3.21. The molecule has 7 heteroatoms. The lowest BCUT2D eigenvalue weighted by molar-refractivity contribution is -0.155. The van der Waals surface area contributed by atoms with Crippen LogP contribution in [0.3, 0.4) is 0 Å². The van der Waals surface area contributed by atoms with E-state index < -0.39 is 35.3 Å². The van der Waals surface area contributed by atoms with E-state index in [4.69, 9.17) is 4.74 Å². The third kappa shape index (κ3) is 3.20. The number of nitrogens with zero attached hydrogens (tertiary/aromatic N) is 1. The molecule has 7 nitrogen and oxygen atoms in total. The normalized spacial score (nSPS) is 25.9. The Hall–Kier alpha value is -3.97. The highest BCUT2D eigenvalue weighted by Crippen LogP contribution is 2.54. The van der Waals surface area contributed by atoms with Crippen molar-refractivity contribution in [1.29, 1.82) is 0 Å². The minimum Gasteiger partial charge on any atom is -0.508 e. The molecule has 5 rings (SSSR count). The molecule has 2 amide bonds. The first-order valence-electron chi connectivity index (χ1n) is 11.2. The number of hydrogen-bond donors (Lipinski definition) is 2. The van der Waals surface area contributed by atoms with Crippen LogP contribution in [0.25, 0.3) is 0 Å². The lowest BCUT2D eigenvalue weighted by atomic mass is 9.75. The molecule has 0 bridgehead atoms. The van der Waals surface area contributed by atoms with E-state index in [1.165, 1.54) is 17.0 Å². The summed E-state index contributed by atoms with van der Waals surface area (Å²) >= 11 is 0. The Bertz CT molecular complexity index is 1230. The number of imide groups is 1. The van der Waals surface area contributed by atoms with Crippen LogP contribution in [0.2, 0.25) is 0 Å². The maximum absolute atomic E-state index is 13.9. The second-order valence-corrected chi connectivity index (χ2v) is 8.46. The van der Waals surface area contributed by atoms with Crippen LogP contribution >= 0.6 is 0 Å². The van der Waals surface area contributed by atoms with E-state index >= 15 is 0 Å². The van der Waals surface area contributed by atoms with Gasteiger partial charge in [-0.3, -0.25) is 14.9 Å². The molecule has 2 aliphatic rings. The number of benzene rings is 3. The molecule has 2 aliphatic heterocycles. The standard InChI is InChI=1S/C27H24N2O5/c1-2-34-26(33)27(18-9-5-3-6-10-18)22-21(23(28-27)17-13-15-20(30)16-14-17)24(31)29(25(22)32)19-11-7-4-8-12-19/h3-16,21-23,28,30H,2H2,1H3/t21-,22+,23-,27-/m0/s1. The predicted octanol–water partition coefficient (Wildman–Crippen LogP) is 3.30. The maximum atomic E-state index is 13.9. The van der Waals surface area contributed by atoms with Gasteiger partial charge in [0, 0.05) is 6.04 Å². The third-order valence-corrected chi connectivity index (χ3v) is 6.65. The molecule has 0 saturated carbocycles. The molecule has 2 fully saturated rings. The van der Waals surface area contributed by atoms with Gasteiger partial charge in [-0.1, -0.05) is 60.7 Å². The lowest BCUT2D eigenvalue weighted by Crippen LogP contribution is -2.54. The number of amides is 2. The number of phenolic OH excluding ortho intramolecular Hbond substituents is 1. The Morgan fingerprint density at radius 1 is 0.941 bits per heavy atom. The number of phenols is 1. The van der Waals surface area contributed by atoms with E-state index in [2.05, 4.69) is 5.32 Å². The number of ether oxygens (including phenoxy) is 1. The molecule has 3 aromatic rings. The van der Waals surface area contributed by atoms with Crippen LogP contribution in [0.4, 0.5) is 5.69 Å². The van der Waals surface area contributed by atoms with Gasteiger partial charge in [-0.05, 0) is 42.3 Å². The highest BCUT2D eigenvalue weighted by atomic mass is 16.5. The van der Waals surface area contributed by atoms with Crippen molar-refractivity contribution in [2.75, 3.05) is 11.5 Å². The number of rotatable bonds is 5. The fraction of sp³-hybridized carbons (Fsp3) is 0.222. The van der Waals surface area contributed by atoms with E-state index in [-0.39, 0.29) is 18.3 Å². The van der Waals surface area contributed by atoms with E-state index in [0.29, 0.717) is 16.8 Å². The molecule has 34 heavy (non-hydrogen) atoms. The van der Waals surface area contributed by atoms with Crippen molar-refractivity contribution in [1.82, 2.24) is 5.32 Å². The summed E-state index contributed by atoms with van der Waals surface area (Å²) in [4.78, 5) is 42.6. The predicted molar refractivity (Wildman–Crippen MR) is 125 cm³/mol. The first-order valence-corrected chi connectivity index (χ1v) is 11.2. The van der Waals surface area contributed by atoms with E-state index in [1.807, 2.05) is 12.1 Å². The Kier molecular flexibility index (Phi) is 5.42. The smallest absolute Gasteiger partial charge is 0.331 e. The van der Waals surface area contributed by atoms with Gasteiger partial charge in [0.2, 0.25) is 11.8 Å². The van der Waals surface area contributed by atoms with Crippen molar-refractivity contribution < 1.29 is 24.2 Å². The molecule has 4 atom stereocenters. The summed E-state index contributed by atoms with van der Waals surface area (Å²) in [6.45, 7) is 1.83. The van der Waals surface area contributed by atoms with Crippen molar-refractivity contribution in [3.8, 4) is 5.75 Å². The van der Waals surface area contributed by atoms with Crippen molar-refractivity contribution >= 4 is 23.5 Å². The van der Waals surface area contributed by atoms with Gasteiger partial charge in [0.25, 0.3) is 0 Å². The average Bonchev–Trinajstić information content (AvgIpc) is 3.35. The first kappa shape index (κ1) is 21.9. The minimum absolute atomic E-state index is 0.0812. The topological polar surface area (TPSA) is 95.9 Å². The van der Waals surface area contributed by atoms with E-state index in [9.17, 15) is 19.5 Å². The number of hydrogen-bond acceptors (Lipinski definition) is 6. The summed E-state index contributed by atoms with van der Waals surface area (Å²) in [6.07, 6.45) is 0. The van der Waals surface area contributed by atoms with Gasteiger partial charge in [0.15, 0.2) is 5.54 Å². The number of fused-ring (bicyclic) bond motifs is 1. The van der Waals surface area contributed by atoms with Crippen LogP contribution in [-0.4, -0.2) is 29.5 Å². The summed E-state index contributed by atoms with van der Waals surface area (Å²) < 4.78 is 5.50. The van der Waals surface area contributed by atoms with Crippen LogP contribution < -0.4 is 10.2 Å². The van der Waals surface area contributed by atoms with E-state index in [1.54, 1.807) is 67.6 Å². The molecule has 0 unspecified atom stereocenters. The van der Waals surface area contributed by atoms with Gasteiger partial charge in [-0.2, -0.15) is 0 Å². The fourth-order valence-electron chi connectivity index (χ4n) is 5.22. The Morgan fingerprint density at radius 3 is 2.18 bits per heavy atom. The first-order chi connectivity index (χ1) is 16.5. The SMILES string of the molecule is CCOC(=O)[C@@]1(c2ccccc2)N[C@@H](c2ccc(O)cc2)[C@H]2C(=O)N(c3ccccc3)C(=O)[C@@H]21. The average molecular weight is 456 g/mol. The van der Waals surface area contributed by atoms with Crippen molar-refractivity contribution in [3.05, 3.63) is 96.1 Å². The largest absolute Gasteiger partial charge is 0.508 e. The van der Waals surface area contributed by atoms with Crippen LogP contribution in [0.5, 0.6) is 5.75 Å². The minimum atomic E-state index is -1.55. The van der Waals surface area contributed by atoms with Crippen LogP contribution in [0.1, 0.15) is 24.1 Å². The Balaban J connectivity index is 1.72. The monoisotopic (exact) mass is 456 g/mol. The molecule has 0 radical (unpaired) electrons. The maximum Gasteiger partial charge on any atom is 0.331 e. The van der Waals surface area contributed by atoms with Crippen molar-refractivity contribution in [2.45, 2.75) is 18.5 Å². The summed E-state index contributed by atoms with van der Waals surface area (Å²) in [5, 5.41) is 13.1. The van der Waals surface area contributed by atoms with Crippen LogP contribution in [-0.2, 0) is 24.7 Å². The second kappa shape index (κ2) is 8.43. The van der Waals surface area contributed by atoms with Gasteiger partial charge in [0.05, 0.1) is 24.1 Å². The van der Waals surface area contributed by atoms with E-state index in [0.717, 1.165) is 0 Å². The van der Waals surface area contributed by atoms with Crippen molar-refractivity contribution in [2.24, 2.45) is 11.8 Å². The molecule has 0 aliphatic carbocycles. The van der Waals surface area contributed by atoms with Crippen LogP contribution in [0.15, 0.2) is 84.9 Å². The highest BCUT2D eigenvalue weighted by molar-refractivity contribution is 6.24. The number of esters is 1. The molecule has 2 saturated heterocycles. The molecule has 2 N–H and O–H groups in total. The van der Waals surface area contributed by atoms with Gasteiger partial charge in [0.1, 0.15) is 5.75 Å².